The zero-order valence-electron chi connectivity index (χ0n) is 12.3. The second kappa shape index (κ2) is 3.83. The summed E-state index contributed by atoms with van der Waals surface area (Å²) in [6.07, 6.45) is 0. The molecule has 2 aromatic rings. The highest BCUT2D eigenvalue weighted by Gasteiger charge is 1.98. The average molecular weight is 190 g/mol. The predicted molar refractivity (Wildman–Crippen MR) is 57.4 cm³/mol. The van der Waals surface area contributed by atoms with Crippen LogP contribution in [0.1, 0.15) is 5.48 Å². The van der Waals surface area contributed by atoms with E-state index in [0.717, 1.165) is 0 Å². The largest absolute Gasteiger partial charge is 0.455 e. The maximum absolute atomic E-state index is 7.79. The first-order chi connectivity index (χ1) is 9.06. The van der Waals surface area contributed by atoms with Crippen LogP contribution in [-0.2, 0) is 0 Å². The fourth-order valence-corrected chi connectivity index (χ4v) is 0.984. The summed E-state index contributed by atoms with van der Waals surface area (Å²) in [5.74, 6) is 0.344. The Kier molecular flexibility index (Phi) is 1.23. The maximum Gasteiger partial charge on any atom is 0.156 e. The second-order valence-corrected chi connectivity index (χ2v) is 2.62. The van der Waals surface area contributed by atoms with Gasteiger partial charge in [0.05, 0.1) is 11.2 Å². The Morgan fingerprint density at radius 1 is 1.14 bits per heavy atom. The molecular formula is C12H11NO. The van der Waals surface area contributed by atoms with Crippen LogP contribution in [0.4, 0.5) is 5.69 Å². The Bertz CT molecular complexity index is 603. The topological polar surface area (TPSA) is 35.2 Å². The van der Waals surface area contributed by atoms with Crippen LogP contribution in [0.3, 0.4) is 0 Å². The van der Waals surface area contributed by atoms with Gasteiger partial charge in [-0.1, -0.05) is 30.3 Å². The quantitative estimate of drug-likeness (QED) is 0.755. The van der Waals surface area contributed by atoms with Crippen molar-refractivity contribution in [2.75, 3.05) is 5.73 Å². The number of hydrogen-bond donors (Lipinski definition) is 1. The summed E-state index contributed by atoms with van der Waals surface area (Å²) >= 11 is 0. The Balaban J connectivity index is 2.56. The van der Waals surface area contributed by atoms with E-state index in [1.165, 1.54) is 0 Å². The molecule has 14 heavy (non-hydrogen) atoms. The number of ether oxygens (including phenoxy) is 1. The van der Waals surface area contributed by atoms with Gasteiger partial charge in [0, 0.05) is 0 Å². The van der Waals surface area contributed by atoms with Crippen molar-refractivity contribution in [1.29, 1.82) is 0 Å². The standard InChI is InChI=1S/C12H11NO/c13-11-8-4-5-9-12(11)14-10-6-2-1-3-7-10/h1-9H,13H2/i4D,5D,8D,9D/hD. The molecular weight excluding hydrogens is 174 g/mol. The van der Waals surface area contributed by atoms with Crippen molar-refractivity contribution in [2.24, 2.45) is 0 Å². The van der Waals surface area contributed by atoms with Crippen molar-refractivity contribution in [2.45, 2.75) is 0 Å². The van der Waals surface area contributed by atoms with Crippen LogP contribution in [0.15, 0.2) is 54.5 Å². The molecule has 0 heterocycles. The minimum Gasteiger partial charge on any atom is -0.455 e. The second-order valence-electron chi connectivity index (χ2n) is 2.62. The number of nitrogens with two attached hydrogens (primary N) is 1. The normalized spacial score (nSPS) is 14.4. The van der Waals surface area contributed by atoms with Gasteiger partial charge < -0.3 is 10.5 Å². The molecule has 0 spiro atoms. The van der Waals surface area contributed by atoms with E-state index in [2.05, 4.69) is 0 Å². The third kappa shape index (κ3) is 1.85. The van der Waals surface area contributed by atoms with Gasteiger partial charge >= 0.3 is 0 Å². The summed E-state index contributed by atoms with van der Waals surface area (Å²) in [7, 11) is 0. The summed E-state index contributed by atoms with van der Waals surface area (Å²) in [5, 5.41) is 0. The Morgan fingerprint density at radius 3 is 2.71 bits per heavy atom. The third-order valence-corrected chi connectivity index (χ3v) is 1.62. The number of para-hydroxylation sites is 3. The lowest BCUT2D eigenvalue weighted by atomic mass is 10.3. The Hall–Kier alpha value is -1.96. The highest BCUT2D eigenvalue weighted by Crippen LogP contribution is 2.26. The van der Waals surface area contributed by atoms with Gasteiger partial charge in [0.2, 0.25) is 0 Å². The predicted octanol–water partition coefficient (Wildman–Crippen LogP) is 3.06. The number of benzene rings is 2. The van der Waals surface area contributed by atoms with Gasteiger partial charge in [-0.2, -0.15) is 0 Å². The fourth-order valence-electron chi connectivity index (χ4n) is 0.984. The molecule has 2 aromatic carbocycles. The first-order valence-corrected chi connectivity index (χ1v) is 4.07. The van der Waals surface area contributed by atoms with Crippen molar-refractivity contribution < 1.29 is 11.6 Å². The SMILES string of the molecule is [2H]Nc1c([2H])c([2H])c([2H])c([2H])c1Oc1ccccc1. The van der Waals surface area contributed by atoms with E-state index in [1.54, 1.807) is 30.3 Å². The van der Waals surface area contributed by atoms with Gasteiger partial charge in [-0.3, -0.25) is 0 Å². The lowest BCUT2D eigenvalue weighted by Gasteiger charge is -2.07. The van der Waals surface area contributed by atoms with E-state index in [1.807, 2.05) is 5.73 Å². The summed E-state index contributed by atoms with van der Waals surface area (Å²) in [4.78, 5) is 0. The van der Waals surface area contributed by atoms with E-state index in [-0.39, 0.29) is 23.5 Å². The zero-order valence-corrected chi connectivity index (χ0v) is 7.29. The van der Waals surface area contributed by atoms with E-state index >= 15 is 0 Å². The van der Waals surface area contributed by atoms with Crippen molar-refractivity contribution >= 4 is 5.69 Å². The molecule has 0 unspecified atom stereocenters. The molecule has 0 aliphatic carbocycles. The molecule has 2 rings (SSSR count). The van der Waals surface area contributed by atoms with Gasteiger partial charge in [0.1, 0.15) is 11.5 Å². The summed E-state index contributed by atoms with van der Waals surface area (Å²) < 4.78 is 43.2. The minimum absolute atomic E-state index is 0.0881. The molecule has 2 N–H and O–H groups in total. The first kappa shape index (κ1) is 4.51. The Morgan fingerprint density at radius 2 is 1.93 bits per heavy atom. The molecule has 0 saturated heterocycles. The molecule has 0 amide bonds. The van der Waals surface area contributed by atoms with Crippen molar-refractivity contribution in [3.63, 3.8) is 0 Å². The lowest BCUT2D eigenvalue weighted by Crippen LogP contribution is -1.90. The smallest absolute Gasteiger partial charge is 0.156 e. The molecule has 0 saturated carbocycles. The monoisotopic (exact) mass is 190 g/mol. The molecule has 2 heteroatoms. The highest BCUT2D eigenvalue weighted by molar-refractivity contribution is 5.53. The van der Waals surface area contributed by atoms with Crippen LogP contribution in [0, 0.1) is 0 Å². The maximum atomic E-state index is 7.79. The molecule has 0 aliphatic rings. The molecule has 0 bridgehead atoms. The summed E-state index contributed by atoms with van der Waals surface area (Å²) in [5.41, 5.74) is 1.92. The van der Waals surface area contributed by atoms with Crippen molar-refractivity contribution in [3.05, 3.63) is 54.5 Å². The van der Waals surface area contributed by atoms with Crippen molar-refractivity contribution in [3.8, 4) is 11.5 Å². The molecule has 0 radical (unpaired) electrons. The van der Waals surface area contributed by atoms with Crippen LogP contribution in [0.5, 0.6) is 11.5 Å². The van der Waals surface area contributed by atoms with E-state index in [4.69, 9.17) is 11.6 Å². The highest BCUT2D eigenvalue weighted by atomic mass is 16.5. The van der Waals surface area contributed by atoms with E-state index < -0.39 is 12.1 Å². The van der Waals surface area contributed by atoms with Gasteiger partial charge in [-0.25, -0.2) is 0 Å². The fraction of sp³-hybridized carbons (Fsp3) is 0. The minimum atomic E-state index is -0.403. The molecule has 0 aliphatic heterocycles. The third-order valence-electron chi connectivity index (χ3n) is 1.62. The van der Waals surface area contributed by atoms with Gasteiger partial charge in [0.25, 0.3) is 0 Å². The molecule has 70 valence electrons. The summed E-state index contributed by atoms with van der Waals surface area (Å²) in [6, 6.07) is 7.17. The van der Waals surface area contributed by atoms with Gasteiger partial charge in [-0.15, -0.1) is 0 Å². The number of nitrogen functional groups attached to an aromatic ring is 1. The number of hydrogen-bond acceptors (Lipinski definition) is 2. The van der Waals surface area contributed by atoms with Crippen molar-refractivity contribution in [1.82, 2.24) is 0 Å². The van der Waals surface area contributed by atoms with Crippen LogP contribution in [0.2, 0.25) is 1.41 Å². The summed E-state index contributed by atoms with van der Waals surface area (Å²) in [6.45, 7) is 0. The first-order valence-electron chi connectivity index (χ1n) is 6.57. The van der Waals surface area contributed by atoms with Crippen LogP contribution in [0.25, 0.3) is 0 Å². The van der Waals surface area contributed by atoms with Gasteiger partial charge in [0.15, 0.2) is 1.41 Å². The van der Waals surface area contributed by atoms with Gasteiger partial charge in [-0.05, 0) is 24.2 Å². The van der Waals surface area contributed by atoms with E-state index in [0.29, 0.717) is 5.75 Å². The van der Waals surface area contributed by atoms with Crippen LogP contribution in [-0.4, -0.2) is 0 Å². The average Bonchev–Trinajstić information content (AvgIpc) is 2.44. The Labute approximate surface area is 90.0 Å². The van der Waals surface area contributed by atoms with Crippen LogP contribution < -0.4 is 10.5 Å². The van der Waals surface area contributed by atoms with E-state index in [9.17, 15) is 0 Å². The molecule has 0 fully saturated rings. The molecule has 2 nitrogen and oxygen atoms in total. The lowest BCUT2D eigenvalue weighted by molar-refractivity contribution is 0.485. The number of rotatable bonds is 3. The van der Waals surface area contributed by atoms with Crippen LogP contribution >= 0.6 is 0 Å². The molecule has 0 aromatic heterocycles. The number of anilines is 1. The zero-order chi connectivity index (χ0) is 14.0. The molecule has 0 atom stereocenters.